The normalized spacial score (nSPS) is 23.1. The fourth-order valence-electron chi connectivity index (χ4n) is 3.75. The number of hydrogen-bond acceptors (Lipinski definition) is 5. The quantitative estimate of drug-likeness (QED) is 0.806. The molecule has 2 aliphatic rings. The van der Waals surface area contributed by atoms with Crippen molar-refractivity contribution in [2.24, 2.45) is 0 Å². The van der Waals surface area contributed by atoms with Gasteiger partial charge >= 0.3 is 0 Å². The van der Waals surface area contributed by atoms with Crippen LogP contribution in [0.1, 0.15) is 29.1 Å². The first-order valence-corrected chi connectivity index (χ1v) is 8.87. The lowest BCUT2D eigenvalue weighted by Crippen LogP contribution is -2.62. The predicted octanol–water partition coefficient (Wildman–Crippen LogP) is 2.16. The number of oxazole rings is 1. The summed E-state index contributed by atoms with van der Waals surface area (Å²) in [5.74, 6) is -0.254. The number of amides is 2. The van der Waals surface area contributed by atoms with Crippen LogP contribution in [0.15, 0.2) is 35.1 Å². The van der Waals surface area contributed by atoms with E-state index >= 15 is 0 Å². The van der Waals surface area contributed by atoms with Crippen molar-refractivity contribution in [3.05, 3.63) is 47.9 Å². The predicted molar refractivity (Wildman–Crippen MR) is 93.8 cm³/mol. The lowest BCUT2D eigenvalue weighted by atomic mass is 9.90. The number of ether oxygens (including phenoxy) is 1. The van der Waals surface area contributed by atoms with Crippen molar-refractivity contribution in [3.63, 3.8) is 0 Å². The average Bonchev–Trinajstić information content (AvgIpc) is 3.10. The van der Waals surface area contributed by atoms with E-state index in [0.717, 1.165) is 12.8 Å². The molecule has 1 unspecified atom stereocenters. The lowest BCUT2D eigenvalue weighted by Gasteiger charge is -2.47. The van der Waals surface area contributed by atoms with E-state index in [9.17, 15) is 14.0 Å². The Morgan fingerprint density at radius 3 is 2.74 bits per heavy atom. The number of piperidine rings is 1. The zero-order valence-corrected chi connectivity index (χ0v) is 15.0. The minimum absolute atomic E-state index is 0.0671. The number of morpholine rings is 1. The molecule has 1 aromatic heterocycles. The van der Waals surface area contributed by atoms with E-state index in [0.29, 0.717) is 36.8 Å². The van der Waals surface area contributed by atoms with Gasteiger partial charge in [-0.15, -0.1) is 0 Å². The van der Waals surface area contributed by atoms with E-state index in [1.165, 1.54) is 18.5 Å². The second-order valence-corrected chi connectivity index (χ2v) is 7.02. The molecular weight excluding hydrogens is 353 g/mol. The number of rotatable bonds is 2. The summed E-state index contributed by atoms with van der Waals surface area (Å²) < 4.78 is 24.3. The first-order chi connectivity index (χ1) is 13.0. The van der Waals surface area contributed by atoms with Gasteiger partial charge in [-0.1, -0.05) is 0 Å². The fraction of sp³-hybridized carbons (Fsp3) is 0.421. The fourth-order valence-corrected chi connectivity index (χ4v) is 3.75. The number of anilines is 1. The van der Waals surface area contributed by atoms with Crippen LogP contribution >= 0.6 is 0 Å². The van der Waals surface area contributed by atoms with E-state index in [1.54, 1.807) is 28.9 Å². The Balaban J connectivity index is 1.55. The summed E-state index contributed by atoms with van der Waals surface area (Å²) in [6.07, 6.45) is 2.75. The number of nitrogens with zero attached hydrogens (tertiary/aromatic N) is 3. The van der Waals surface area contributed by atoms with Crippen molar-refractivity contribution >= 4 is 17.5 Å². The van der Waals surface area contributed by atoms with Gasteiger partial charge in [0.2, 0.25) is 0 Å². The lowest BCUT2D eigenvalue weighted by molar-refractivity contribution is -0.144. The highest BCUT2D eigenvalue weighted by Crippen LogP contribution is 2.32. The average molecular weight is 373 g/mol. The van der Waals surface area contributed by atoms with Gasteiger partial charge in [0.15, 0.2) is 12.1 Å². The summed E-state index contributed by atoms with van der Waals surface area (Å²) in [6.45, 7) is 2.91. The maximum Gasteiger partial charge on any atom is 0.276 e. The largest absolute Gasteiger partial charge is 0.448 e. The zero-order chi connectivity index (χ0) is 19.0. The Morgan fingerprint density at radius 2 is 2.04 bits per heavy atom. The third-order valence-corrected chi connectivity index (χ3v) is 5.16. The van der Waals surface area contributed by atoms with Gasteiger partial charge < -0.3 is 19.0 Å². The van der Waals surface area contributed by atoms with Gasteiger partial charge in [-0.25, -0.2) is 9.37 Å². The topological polar surface area (TPSA) is 75.9 Å². The van der Waals surface area contributed by atoms with Crippen LogP contribution in [-0.4, -0.2) is 53.5 Å². The second kappa shape index (κ2) is 6.77. The van der Waals surface area contributed by atoms with E-state index < -0.39 is 5.60 Å². The highest BCUT2D eigenvalue weighted by molar-refractivity contribution is 5.95. The monoisotopic (exact) mass is 373 g/mol. The van der Waals surface area contributed by atoms with Gasteiger partial charge in [0, 0.05) is 12.2 Å². The third-order valence-electron chi connectivity index (χ3n) is 5.16. The summed E-state index contributed by atoms with van der Waals surface area (Å²) in [5, 5.41) is 0. The Hall–Kier alpha value is -2.74. The smallest absolute Gasteiger partial charge is 0.276 e. The van der Waals surface area contributed by atoms with Crippen LogP contribution in [-0.2, 0) is 9.53 Å². The molecule has 2 aromatic rings. The maximum absolute atomic E-state index is 13.2. The summed E-state index contributed by atoms with van der Waals surface area (Å²) >= 11 is 0. The van der Waals surface area contributed by atoms with E-state index in [-0.39, 0.29) is 24.2 Å². The molecule has 2 saturated heterocycles. The molecule has 0 aliphatic carbocycles. The molecule has 0 bridgehead atoms. The number of hydrogen-bond donors (Lipinski definition) is 0. The van der Waals surface area contributed by atoms with Crippen LogP contribution in [0.25, 0.3) is 0 Å². The molecule has 2 amide bonds. The molecule has 1 aromatic carbocycles. The molecule has 3 heterocycles. The van der Waals surface area contributed by atoms with Crippen LogP contribution in [0.3, 0.4) is 0 Å². The van der Waals surface area contributed by atoms with Crippen LogP contribution in [0.4, 0.5) is 10.1 Å². The molecular formula is C19H20FN3O4. The summed E-state index contributed by atoms with van der Waals surface area (Å²) in [4.78, 5) is 32.5. The molecule has 0 radical (unpaired) electrons. The van der Waals surface area contributed by atoms with Crippen molar-refractivity contribution in [2.45, 2.75) is 25.4 Å². The van der Waals surface area contributed by atoms with Crippen LogP contribution in [0.5, 0.6) is 0 Å². The molecule has 142 valence electrons. The van der Waals surface area contributed by atoms with E-state index in [4.69, 9.17) is 9.15 Å². The molecule has 0 N–H and O–H groups in total. The number of benzene rings is 1. The van der Waals surface area contributed by atoms with Crippen molar-refractivity contribution in [1.29, 1.82) is 0 Å². The van der Waals surface area contributed by atoms with Gasteiger partial charge in [-0.3, -0.25) is 9.59 Å². The molecule has 2 fully saturated rings. The van der Waals surface area contributed by atoms with Gasteiger partial charge in [0.25, 0.3) is 11.8 Å². The molecule has 1 spiro atoms. The summed E-state index contributed by atoms with van der Waals surface area (Å²) in [7, 11) is 0. The number of aromatic nitrogens is 1. The van der Waals surface area contributed by atoms with E-state index in [2.05, 4.69) is 4.98 Å². The minimum atomic E-state index is -0.645. The second-order valence-electron chi connectivity index (χ2n) is 7.02. The minimum Gasteiger partial charge on any atom is -0.448 e. The number of halogens is 1. The number of carbonyl (C=O) groups is 2. The van der Waals surface area contributed by atoms with Gasteiger partial charge in [-0.05, 0) is 44.0 Å². The SMILES string of the molecule is Cc1ocnc1C(=O)N1CCCC2(C1)CN(c1ccc(F)cc1)C(=O)CO2. The van der Waals surface area contributed by atoms with Gasteiger partial charge in [-0.2, -0.15) is 0 Å². The molecule has 0 saturated carbocycles. The molecule has 4 rings (SSSR count). The highest BCUT2D eigenvalue weighted by Gasteiger charge is 2.45. The van der Waals surface area contributed by atoms with Crippen molar-refractivity contribution in [2.75, 3.05) is 31.1 Å². The molecule has 7 nitrogen and oxygen atoms in total. The van der Waals surface area contributed by atoms with Crippen molar-refractivity contribution in [1.82, 2.24) is 9.88 Å². The Morgan fingerprint density at radius 1 is 1.26 bits per heavy atom. The van der Waals surface area contributed by atoms with Gasteiger partial charge in [0.1, 0.15) is 23.8 Å². The Labute approximate surface area is 155 Å². The Kier molecular flexibility index (Phi) is 4.43. The first-order valence-electron chi connectivity index (χ1n) is 8.87. The summed E-state index contributed by atoms with van der Waals surface area (Å²) in [6, 6.07) is 5.82. The Bertz CT molecular complexity index is 866. The molecule has 2 aliphatic heterocycles. The van der Waals surface area contributed by atoms with Crippen LogP contribution in [0.2, 0.25) is 0 Å². The van der Waals surface area contributed by atoms with Crippen molar-refractivity contribution < 1.29 is 23.1 Å². The number of aryl methyl sites for hydroxylation is 1. The number of carbonyl (C=O) groups excluding carboxylic acids is 2. The zero-order valence-electron chi connectivity index (χ0n) is 15.0. The van der Waals surface area contributed by atoms with Crippen LogP contribution in [0, 0.1) is 12.7 Å². The van der Waals surface area contributed by atoms with Crippen molar-refractivity contribution in [3.8, 4) is 0 Å². The molecule has 27 heavy (non-hydrogen) atoms. The first kappa shape index (κ1) is 17.7. The van der Waals surface area contributed by atoms with Crippen LogP contribution < -0.4 is 4.90 Å². The molecule has 8 heteroatoms. The molecule has 1 atom stereocenters. The van der Waals surface area contributed by atoms with E-state index in [1.807, 2.05) is 0 Å². The van der Waals surface area contributed by atoms with Gasteiger partial charge in [0.05, 0.1) is 13.1 Å². The number of likely N-dealkylation sites (tertiary alicyclic amines) is 1. The summed E-state index contributed by atoms with van der Waals surface area (Å²) in [5.41, 5.74) is 0.280. The highest BCUT2D eigenvalue weighted by atomic mass is 19.1. The standard InChI is InChI=1S/C19H20FN3O4/c1-13-17(21-12-26-13)18(25)22-8-2-7-19(10-22)11-23(16(24)9-27-19)15-5-3-14(20)4-6-15/h3-6,12H,2,7-11H2,1H3. The third kappa shape index (κ3) is 3.32. The maximum atomic E-state index is 13.2.